The molecule has 1 amide bonds. The van der Waals surface area contributed by atoms with Crippen LogP contribution in [-0.4, -0.2) is 41.5 Å². The van der Waals surface area contributed by atoms with Gasteiger partial charge in [-0.25, -0.2) is 4.98 Å². The molecule has 2 aromatic rings. The van der Waals surface area contributed by atoms with Crippen molar-refractivity contribution < 1.29 is 13.9 Å². The molecule has 3 aliphatic heterocycles. The van der Waals surface area contributed by atoms with E-state index >= 15 is 0 Å². The summed E-state index contributed by atoms with van der Waals surface area (Å²) >= 11 is 0. The van der Waals surface area contributed by atoms with E-state index in [-0.39, 0.29) is 11.9 Å². The number of carbonyl (C=O) groups is 1. The molecule has 0 aliphatic carbocycles. The number of benzene rings is 1. The van der Waals surface area contributed by atoms with Crippen molar-refractivity contribution in [1.29, 1.82) is 0 Å². The van der Waals surface area contributed by atoms with Crippen LogP contribution in [0, 0.1) is 12.8 Å². The first-order valence-electron chi connectivity index (χ1n) is 8.41. The lowest BCUT2D eigenvalue weighted by Gasteiger charge is -2.44. The third-order valence-electron chi connectivity index (χ3n) is 4.91. The summed E-state index contributed by atoms with van der Waals surface area (Å²) < 4.78 is 10.8. The van der Waals surface area contributed by atoms with Crippen molar-refractivity contribution in [3.8, 4) is 11.7 Å². The summed E-state index contributed by atoms with van der Waals surface area (Å²) in [5.41, 5.74) is 0.646. The number of hydrogen-bond acceptors (Lipinski definition) is 5. The highest BCUT2D eigenvalue weighted by atomic mass is 16.6. The van der Waals surface area contributed by atoms with E-state index in [4.69, 9.17) is 9.15 Å². The van der Waals surface area contributed by atoms with Crippen molar-refractivity contribution in [2.75, 3.05) is 19.6 Å². The first-order chi connectivity index (χ1) is 11.7. The van der Waals surface area contributed by atoms with Crippen LogP contribution in [0.3, 0.4) is 0 Å². The molecule has 3 fully saturated rings. The molecule has 0 saturated carbocycles. The Balaban J connectivity index is 1.38. The second-order valence-electron chi connectivity index (χ2n) is 6.54. The maximum atomic E-state index is 12.5. The van der Waals surface area contributed by atoms with Gasteiger partial charge >= 0.3 is 5.95 Å². The quantitative estimate of drug-likeness (QED) is 0.935. The summed E-state index contributed by atoms with van der Waals surface area (Å²) in [6.07, 6.45) is 3.91. The molecule has 1 N–H and O–H groups in total. The van der Waals surface area contributed by atoms with E-state index in [2.05, 4.69) is 15.2 Å². The zero-order valence-electron chi connectivity index (χ0n) is 13.7. The molecule has 6 nitrogen and oxygen atoms in total. The van der Waals surface area contributed by atoms with E-state index in [0.29, 0.717) is 29.1 Å². The minimum atomic E-state index is -0.0178. The molecule has 1 unspecified atom stereocenters. The van der Waals surface area contributed by atoms with Gasteiger partial charge in [0, 0.05) is 25.1 Å². The number of aryl methyl sites for hydroxylation is 1. The lowest BCUT2D eigenvalue weighted by Crippen LogP contribution is -2.57. The fourth-order valence-corrected chi connectivity index (χ4v) is 3.56. The number of aromatic nitrogens is 1. The van der Waals surface area contributed by atoms with E-state index in [0.717, 1.165) is 6.54 Å². The van der Waals surface area contributed by atoms with E-state index in [9.17, 15) is 4.79 Å². The van der Waals surface area contributed by atoms with Gasteiger partial charge in [0.25, 0.3) is 5.91 Å². The zero-order valence-corrected chi connectivity index (χ0v) is 13.7. The minimum Gasteiger partial charge on any atom is -0.425 e. The van der Waals surface area contributed by atoms with Crippen molar-refractivity contribution in [3.05, 3.63) is 41.9 Å². The maximum absolute atomic E-state index is 12.5. The van der Waals surface area contributed by atoms with Crippen LogP contribution in [0.2, 0.25) is 0 Å². The van der Waals surface area contributed by atoms with Gasteiger partial charge in [-0.05, 0) is 56.1 Å². The van der Waals surface area contributed by atoms with E-state index in [1.807, 2.05) is 0 Å². The Morgan fingerprint density at radius 1 is 1.29 bits per heavy atom. The number of oxazole rings is 1. The van der Waals surface area contributed by atoms with Crippen LogP contribution in [0.1, 0.15) is 29.1 Å². The number of amides is 1. The molecular formula is C18H21N3O3. The molecule has 5 rings (SSSR count). The van der Waals surface area contributed by atoms with Crippen LogP contribution in [0.4, 0.5) is 0 Å². The van der Waals surface area contributed by atoms with Gasteiger partial charge in [0.15, 0.2) is 5.89 Å². The standard InChI is InChI=1S/C18H21N3O3/c1-12-19-10-17(23-12)24-15-4-2-14(3-5-15)18(22)20-16-11-21-8-6-13(16)7-9-21/h2-5,10,13,16H,6-9,11H2,1H3,(H,20,22). The van der Waals surface area contributed by atoms with Crippen LogP contribution in [-0.2, 0) is 0 Å². The van der Waals surface area contributed by atoms with Gasteiger partial charge in [-0.2, -0.15) is 0 Å². The largest absolute Gasteiger partial charge is 0.425 e. The molecule has 1 aromatic heterocycles. The number of nitrogens with one attached hydrogen (secondary N) is 1. The molecule has 126 valence electrons. The normalized spacial score (nSPS) is 25.5. The van der Waals surface area contributed by atoms with Crippen LogP contribution >= 0.6 is 0 Å². The number of nitrogens with zero attached hydrogens (tertiary/aromatic N) is 2. The Hall–Kier alpha value is -2.34. The summed E-state index contributed by atoms with van der Waals surface area (Å²) in [7, 11) is 0. The third-order valence-corrected chi connectivity index (χ3v) is 4.91. The predicted molar refractivity (Wildman–Crippen MR) is 88.2 cm³/mol. The van der Waals surface area contributed by atoms with Gasteiger partial charge < -0.3 is 19.4 Å². The minimum absolute atomic E-state index is 0.0178. The van der Waals surface area contributed by atoms with Crippen molar-refractivity contribution >= 4 is 5.91 Å². The summed E-state index contributed by atoms with van der Waals surface area (Å²) in [5, 5.41) is 3.19. The summed E-state index contributed by atoms with van der Waals surface area (Å²) in [4.78, 5) is 18.9. The molecule has 6 heteroatoms. The van der Waals surface area contributed by atoms with Crippen molar-refractivity contribution in [2.45, 2.75) is 25.8 Å². The highest BCUT2D eigenvalue weighted by molar-refractivity contribution is 5.94. The lowest BCUT2D eigenvalue weighted by molar-refractivity contribution is 0.0620. The topological polar surface area (TPSA) is 67.6 Å². The Morgan fingerprint density at radius 3 is 2.62 bits per heavy atom. The molecule has 4 heterocycles. The van der Waals surface area contributed by atoms with Crippen LogP contribution in [0.5, 0.6) is 11.7 Å². The fourth-order valence-electron chi connectivity index (χ4n) is 3.56. The number of carbonyl (C=O) groups excluding carboxylic acids is 1. The van der Waals surface area contributed by atoms with Gasteiger partial charge in [0.1, 0.15) is 11.9 Å². The van der Waals surface area contributed by atoms with Gasteiger partial charge in [-0.1, -0.05) is 0 Å². The van der Waals surface area contributed by atoms with E-state index in [1.165, 1.54) is 32.1 Å². The molecule has 3 saturated heterocycles. The molecule has 24 heavy (non-hydrogen) atoms. The first kappa shape index (κ1) is 15.2. The average Bonchev–Trinajstić information content (AvgIpc) is 3.01. The number of hydrogen-bond donors (Lipinski definition) is 1. The average molecular weight is 327 g/mol. The monoisotopic (exact) mass is 327 g/mol. The van der Waals surface area contributed by atoms with Gasteiger partial charge in [0.2, 0.25) is 0 Å². The van der Waals surface area contributed by atoms with Gasteiger partial charge in [-0.15, -0.1) is 0 Å². The van der Waals surface area contributed by atoms with E-state index < -0.39 is 0 Å². The van der Waals surface area contributed by atoms with Gasteiger partial charge in [0.05, 0.1) is 0 Å². The van der Waals surface area contributed by atoms with Gasteiger partial charge in [-0.3, -0.25) is 4.79 Å². The van der Waals surface area contributed by atoms with Crippen molar-refractivity contribution in [3.63, 3.8) is 0 Å². The van der Waals surface area contributed by atoms with Crippen LogP contribution in [0.15, 0.2) is 34.9 Å². The Labute approximate surface area is 140 Å². The smallest absolute Gasteiger partial charge is 0.310 e. The number of fused-ring (bicyclic) bond motifs is 3. The molecule has 3 aliphatic rings. The number of piperidine rings is 3. The highest BCUT2D eigenvalue weighted by Crippen LogP contribution is 2.28. The lowest BCUT2D eigenvalue weighted by atomic mass is 9.84. The SMILES string of the molecule is Cc1ncc(Oc2ccc(C(=O)NC3CN4CCC3CC4)cc2)o1. The highest BCUT2D eigenvalue weighted by Gasteiger charge is 2.34. The Bertz CT molecular complexity index is 717. The van der Waals surface area contributed by atoms with Crippen molar-refractivity contribution in [2.24, 2.45) is 5.92 Å². The molecule has 1 aromatic carbocycles. The Kier molecular flexibility index (Phi) is 3.98. The number of rotatable bonds is 4. The van der Waals surface area contributed by atoms with Crippen LogP contribution < -0.4 is 10.1 Å². The predicted octanol–water partition coefficient (Wildman–Crippen LogP) is 2.60. The Morgan fingerprint density at radius 2 is 2.04 bits per heavy atom. The first-order valence-corrected chi connectivity index (χ1v) is 8.41. The fraction of sp³-hybridized carbons (Fsp3) is 0.444. The molecule has 1 atom stereocenters. The van der Waals surface area contributed by atoms with Crippen molar-refractivity contribution in [1.82, 2.24) is 15.2 Å². The van der Waals surface area contributed by atoms with E-state index in [1.54, 1.807) is 31.2 Å². The second kappa shape index (κ2) is 6.28. The summed E-state index contributed by atoms with van der Waals surface area (Å²) in [6.45, 7) is 5.08. The summed E-state index contributed by atoms with van der Waals surface area (Å²) in [6, 6.07) is 7.35. The molecule has 0 radical (unpaired) electrons. The van der Waals surface area contributed by atoms with Crippen LogP contribution in [0.25, 0.3) is 0 Å². The molecule has 2 bridgehead atoms. The third kappa shape index (κ3) is 3.14. The molecular weight excluding hydrogens is 306 g/mol. The second-order valence-corrected chi connectivity index (χ2v) is 6.54. The maximum Gasteiger partial charge on any atom is 0.310 e. The number of ether oxygens (including phenoxy) is 1. The summed E-state index contributed by atoms with van der Waals surface area (Å²) in [5.74, 6) is 2.12. The molecule has 0 spiro atoms. The zero-order chi connectivity index (χ0) is 16.5.